The highest BCUT2D eigenvalue weighted by Crippen LogP contribution is 2.23. The van der Waals surface area contributed by atoms with Crippen molar-refractivity contribution in [3.05, 3.63) is 42.1 Å². The average molecular weight is 273 g/mol. The Balaban J connectivity index is 1.95. The number of nitrogens with one attached hydrogen (secondary N) is 1. The number of ether oxygens (including phenoxy) is 2. The molecule has 0 amide bonds. The number of rotatable bonds is 7. The summed E-state index contributed by atoms with van der Waals surface area (Å²) in [6, 6.07) is 11.1. The molecule has 0 bridgehead atoms. The molecule has 0 unspecified atom stereocenters. The summed E-state index contributed by atoms with van der Waals surface area (Å²) in [4.78, 5) is 0. The van der Waals surface area contributed by atoms with Crippen LogP contribution in [0, 0.1) is 0 Å². The summed E-state index contributed by atoms with van der Waals surface area (Å²) in [7, 11) is 1.62. The van der Waals surface area contributed by atoms with E-state index < -0.39 is 0 Å². The number of aromatic nitrogens is 2. The van der Waals surface area contributed by atoms with Crippen molar-refractivity contribution in [2.45, 2.75) is 19.9 Å². The Labute approximate surface area is 118 Å². The van der Waals surface area contributed by atoms with Gasteiger partial charge in [-0.05, 0) is 31.2 Å². The fourth-order valence-corrected chi connectivity index (χ4v) is 1.68. The molecule has 1 aromatic carbocycles. The van der Waals surface area contributed by atoms with Crippen molar-refractivity contribution in [3.8, 4) is 17.4 Å². The maximum absolute atomic E-state index is 5.63. The van der Waals surface area contributed by atoms with Gasteiger partial charge in [-0.25, -0.2) is 0 Å². The third kappa shape index (κ3) is 4.20. The van der Waals surface area contributed by atoms with Crippen molar-refractivity contribution in [1.29, 1.82) is 0 Å². The summed E-state index contributed by atoms with van der Waals surface area (Å²) in [6.07, 6.45) is 1.10. The van der Waals surface area contributed by atoms with Gasteiger partial charge < -0.3 is 14.8 Å². The molecule has 0 spiro atoms. The SMILES string of the molecule is CCCNCc1ccc(Oc2cccc(OC)c2)nn1. The van der Waals surface area contributed by atoms with Crippen LogP contribution in [0.25, 0.3) is 0 Å². The average Bonchev–Trinajstić information content (AvgIpc) is 2.49. The molecule has 20 heavy (non-hydrogen) atoms. The van der Waals surface area contributed by atoms with E-state index in [1.165, 1.54) is 0 Å². The van der Waals surface area contributed by atoms with Gasteiger partial charge in [-0.2, -0.15) is 5.10 Å². The highest BCUT2D eigenvalue weighted by Gasteiger charge is 2.02. The highest BCUT2D eigenvalue weighted by atomic mass is 16.5. The van der Waals surface area contributed by atoms with Gasteiger partial charge in [0.1, 0.15) is 11.5 Å². The minimum Gasteiger partial charge on any atom is -0.497 e. The summed E-state index contributed by atoms with van der Waals surface area (Å²) in [6.45, 7) is 3.83. The molecule has 1 heterocycles. The quantitative estimate of drug-likeness (QED) is 0.786. The van der Waals surface area contributed by atoms with Crippen LogP contribution in [0.15, 0.2) is 36.4 Å². The van der Waals surface area contributed by atoms with Crippen molar-refractivity contribution >= 4 is 0 Å². The minimum atomic E-state index is 0.470. The molecule has 5 heteroatoms. The molecule has 0 aliphatic heterocycles. The van der Waals surface area contributed by atoms with E-state index in [1.807, 2.05) is 30.3 Å². The molecule has 2 rings (SSSR count). The summed E-state index contributed by atoms with van der Waals surface area (Å²) in [5.41, 5.74) is 0.899. The van der Waals surface area contributed by atoms with Crippen LogP contribution in [0.4, 0.5) is 0 Å². The van der Waals surface area contributed by atoms with Crippen LogP contribution < -0.4 is 14.8 Å². The van der Waals surface area contributed by atoms with Crippen LogP contribution in [0.3, 0.4) is 0 Å². The van der Waals surface area contributed by atoms with Gasteiger partial charge in [0.25, 0.3) is 0 Å². The Morgan fingerprint density at radius 3 is 2.65 bits per heavy atom. The first-order valence-corrected chi connectivity index (χ1v) is 6.67. The Morgan fingerprint density at radius 1 is 1.10 bits per heavy atom. The molecule has 1 aromatic heterocycles. The molecule has 0 radical (unpaired) electrons. The summed E-state index contributed by atoms with van der Waals surface area (Å²) in [5, 5.41) is 11.5. The van der Waals surface area contributed by atoms with E-state index in [9.17, 15) is 0 Å². The van der Waals surface area contributed by atoms with Crippen molar-refractivity contribution in [2.75, 3.05) is 13.7 Å². The van der Waals surface area contributed by atoms with Crippen LogP contribution in [0.5, 0.6) is 17.4 Å². The van der Waals surface area contributed by atoms with Crippen molar-refractivity contribution in [2.24, 2.45) is 0 Å². The zero-order chi connectivity index (χ0) is 14.2. The lowest BCUT2D eigenvalue weighted by molar-refractivity contribution is 0.406. The molecule has 0 aliphatic carbocycles. The van der Waals surface area contributed by atoms with Gasteiger partial charge in [-0.3, -0.25) is 0 Å². The van der Waals surface area contributed by atoms with E-state index in [1.54, 1.807) is 13.2 Å². The molecule has 106 valence electrons. The van der Waals surface area contributed by atoms with Crippen molar-refractivity contribution in [1.82, 2.24) is 15.5 Å². The second-order valence-electron chi connectivity index (χ2n) is 4.32. The molecule has 2 aromatic rings. The fraction of sp³-hybridized carbons (Fsp3) is 0.333. The van der Waals surface area contributed by atoms with Gasteiger partial charge in [0.15, 0.2) is 0 Å². The predicted octanol–water partition coefficient (Wildman–Crippen LogP) is 2.78. The molecule has 0 saturated heterocycles. The van der Waals surface area contributed by atoms with Gasteiger partial charge in [0.2, 0.25) is 5.88 Å². The minimum absolute atomic E-state index is 0.470. The Morgan fingerprint density at radius 2 is 1.95 bits per heavy atom. The van der Waals surface area contributed by atoms with E-state index in [0.29, 0.717) is 11.6 Å². The lowest BCUT2D eigenvalue weighted by Gasteiger charge is -2.06. The summed E-state index contributed by atoms with van der Waals surface area (Å²) < 4.78 is 10.8. The molecule has 0 atom stereocenters. The van der Waals surface area contributed by atoms with Crippen molar-refractivity contribution < 1.29 is 9.47 Å². The smallest absolute Gasteiger partial charge is 0.238 e. The number of benzene rings is 1. The fourth-order valence-electron chi connectivity index (χ4n) is 1.68. The second kappa shape index (κ2) is 7.45. The summed E-state index contributed by atoms with van der Waals surface area (Å²) in [5.74, 6) is 1.89. The van der Waals surface area contributed by atoms with Gasteiger partial charge in [0, 0.05) is 18.7 Å². The highest BCUT2D eigenvalue weighted by molar-refractivity contribution is 5.34. The summed E-state index contributed by atoms with van der Waals surface area (Å²) >= 11 is 0. The molecule has 0 aliphatic rings. The predicted molar refractivity (Wildman–Crippen MR) is 77.1 cm³/mol. The number of hydrogen-bond donors (Lipinski definition) is 1. The molecular formula is C15H19N3O2. The third-order valence-electron chi connectivity index (χ3n) is 2.69. The monoisotopic (exact) mass is 273 g/mol. The van der Waals surface area contributed by atoms with Crippen LogP contribution in [-0.2, 0) is 6.54 Å². The van der Waals surface area contributed by atoms with Gasteiger partial charge in [-0.15, -0.1) is 5.10 Å². The van der Waals surface area contributed by atoms with Crippen LogP contribution in [0.1, 0.15) is 19.0 Å². The maximum atomic E-state index is 5.63. The Hall–Kier alpha value is -2.14. The topological polar surface area (TPSA) is 56.3 Å². The molecule has 0 fully saturated rings. The van der Waals surface area contributed by atoms with E-state index >= 15 is 0 Å². The third-order valence-corrected chi connectivity index (χ3v) is 2.69. The number of hydrogen-bond acceptors (Lipinski definition) is 5. The number of methoxy groups -OCH3 is 1. The lowest BCUT2D eigenvalue weighted by Crippen LogP contribution is -2.15. The van der Waals surface area contributed by atoms with Crippen LogP contribution in [-0.4, -0.2) is 23.9 Å². The lowest BCUT2D eigenvalue weighted by atomic mass is 10.3. The van der Waals surface area contributed by atoms with E-state index in [-0.39, 0.29) is 0 Å². The van der Waals surface area contributed by atoms with E-state index in [2.05, 4.69) is 22.4 Å². The van der Waals surface area contributed by atoms with Crippen molar-refractivity contribution in [3.63, 3.8) is 0 Å². The van der Waals surface area contributed by atoms with Crippen LogP contribution >= 0.6 is 0 Å². The first-order valence-electron chi connectivity index (χ1n) is 6.67. The molecule has 1 N–H and O–H groups in total. The van der Waals surface area contributed by atoms with Gasteiger partial charge in [-0.1, -0.05) is 13.0 Å². The zero-order valence-corrected chi connectivity index (χ0v) is 11.8. The van der Waals surface area contributed by atoms with Gasteiger partial charge >= 0.3 is 0 Å². The van der Waals surface area contributed by atoms with E-state index in [4.69, 9.17) is 9.47 Å². The zero-order valence-electron chi connectivity index (χ0n) is 11.8. The Bertz CT molecular complexity index is 529. The first-order chi connectivity index (χ1) is 9.81. The molecule has 5 nitrogen and oxygen atoms in total. The van der Waals surface area contributed by atoms with Crippen LogP contribution in [0.2, 0.25) is 0 Å². The largest absolute Gasteiger partial charge is 0.497 e. The number of nitrogens with zero attached hydrogens (tertiary/aromatic N) is 2. The van der Waals surface area contributed by atoms with E-state index in [0.717, 1.165) is 31.0 Å². The maximum Gasteiger partial charge on any atom is 0.238 e. The normalized spacial score (nSPS) is 10.3. The van der Waals surface area contributed by atoms with Gasteiger partial charge in [0.05, 0.1) is 12.8 Å². The molecule has 0 saturated carbocycles. The molecular weight excluding hydrogens is 254 g/mol. The Kier molecular flexibility index (Phi) is 5.32. The first kappa shape index (κ1) is 14.3. The second-order valence-corrected chi connectivity index (χ2v) is 4.32. The standard InChI is InChI=1S/C15H19N3O2/c1-3-9-16-11-12-7-8-15(18-17-12)20-14-6-4-5-13(10-14)19-2/h4-8,10,16H,3,9,11H2,1-2H3.